The maximum Gasteiger partial charge on any atom is 0.418 e. The van der Waals surface area contributed by atoms with Gasteiger partial charge in [0, 0.05) is 36.5 Å². The van der Waals surface area contributed by atoms with Crippen molar-refractivity contribution in [2.45, 2.75) is 69.8 Å². The number of nitrogens with two attached hydrogens (primary N) is 1. The molecule has 4 rings (SSSR count). The predicted octanol–water partition coefficient (Wildman–Crippen LogP) is 3.76. The lowest BCUT2D eigenvalue weighted by atomic mass is 9.93. The van der Waals surface area contributed by atoms with Crippen molar-refractivity contribution in [2.24, 2.45) is 5.73 Å². The first-order chi connectivity index (χ1) is 18.0. The first kappa shape index (κ1) is 27.9. The van der Waals surface area contributed by atoms with Crippen molar-refractivity contribution in [3.8, 4) is 0 Å². The molecule has 12 heteroatoms. The van der Waals surface area contributed by atoms with Crippen LogP contribution in [0.5, 0.6) is 0 Å². The van der Waals surface area contributed by atoms with E-state index in [4.69, 9.17) is 5.73 Å². The van der Waals surface area contributed by atoms with Crippen molar-refractivity contribution >= 4 is 28.9 Å². The third kappa shape index (κ3) is 6.29. The van der Waals surface area contributed by atoms with Crippen molar-refractivity contribution in [1.82, 2.24) is 14.9 Å². The minimum absolute atomic E-state index is 0.0113. The number of likely N-dealkylation sites (N-methyl/N-ethyl adjacent to an activating group) is 1. The fourth-order valence-corrected chi connectivity index (χ4v) is 5.14. The largest absolute Gasteiger partial charge is 0.418 e. The molecule has 0 bridgehead atoms. The average molecular weight is 536 g/mol. The van der Waals surface area contributed by atoms with E-state index in [1.807, 2.05) is 25.9 Å². The summed E-state index contributed by atoms with van der Waals surface area (Å²) in [6, 6.07) is 4.27. The molecule has 1 aromatic carbocycles. The van der Waals surface area contributed by atoms with Crippen LogP contribution in [0.3, 0.4) is 0 Å². The molecule has 208 valence electrons. The fourth-order valence-electron chi connectivity index (χ4n) is 5.14. The van der Waals surface area contributed by atoms with E-state index in [0.29, 0.717) is 43.9 Å². The summed E-state index contributed by atoms with van der Waals surface area (Å²) in [5, 5.41) is 16.0. The number of hydrogen-bond acceptors (Lipinski definition) is 8. The Bertz CT molecular complexity index is 1150. The summed E-state index contributed by atoms with van der Waals surface area (Å²) in [5.41, 5.74) is 5.44. The standard InChI is InChI=1S/C26H36F3N7O2/c1-4-20-24(31-15-5-8-18(37)9-6-15)34-25(22(33-20)23(30)38)32-16-7-10-21(19(13-16)26(27,28)29)36-12-11-17(14-36)35(2)3/h7,10,13,15,17-18,37H,4-6,8-9,11-12,14H2,1-3H3,(H2,30,38)(H2,31,32,34). The zero-order valence-electron chi connectivity index (χ0n) is 22.0. The summed E-state index contributed by atoms with van der Waals surface area (Å²) < 4.78 is 42.4. The number of anilines is 4. The van der Waals surface area contributed by atoms with Crippen LogP contribution in [0.25, 0.3) is 0 Å². The van der Waals surface area contributed by atoms with E-state index in [2.05, 4.69) is 20.6 Å². The first-order valence-corrected chi connectivity index (χ1v) is 13.0. The summed E-state index contributed by atoms with van der Waals surface area (Å²) in [5.74, 6) is -0.398. The highest BCUT2D eigenvalue weighted by atomic mass is 19.4. The summed E-state index contributed by atoms with van der Waals surface area (Å²) in [4.78, 5) is 24.9. The van der Waals surface area contributed by atoms with Gasteiger partial charge in [0.1, 0.15) is 5.82 Å². The van der Waals surface area contributed by atoms with E-state index in [1.165, 1.54) is 6.07 Å². The van der Waals surface area contributed by atoms with Crippen LogP contribution in [-0.4, -0.2) is 71.3 Å². The Balaban J connectivity index is 1.65. The van der Waals surface area contributed by atoms with Gasteiger partial charge in [-0.1, -0.05) is 6.92 Å². The Morgan fingerprint density at radius 1 is 1.16 bits per heavy atom. The SMILES string of the molecule is CCc1nc(C(N)=O)c(Nc2ccc(N3CCC(N(C)C)C3)c(C(F)(F)F)c2)nc1NC1CCC(O)CC1. The Kier molecular flexibility index (Phi) is 8.31. The zero-order chi connectivity index (χ0) is 27.6. The van der Waals surface area contributed by atoms with Gasteiger partial charge in [-0.3, -0.25) is 4.79 Å². The van der Waals surface area contributed by atoms with Crippen LogP contribution in [-0.2, 0) is 12.6 Å². The van der Waals surface area contributed by atoms with E-state index in [0.717, 1.165) is 25.3 Å². The molecule has 0 spiro atoms. The number of carbonyl (C=O) groups is 1. The highest BCUT2D eigenvalue weighted by molar-refractivity contribution is 5.96. The molecule has 0 radical (unpaired) electrons. The van der Waals surface area contributed by atoms with Gasteiger partial charge in [-0.2, -0.15) is 13.2 Å². The molecule has 2 aliphatic rings. The molecule has 2 aromatic rings. The number of alkyl halides is 3. The fraction of sp³-hybridized carbons (Fsp3) is 0.577. The molecule has 1 aliphatic heterocycles. The normalized spacial score (nSPS) is 22.1. The number of aryl methyl sites for hydroxylation is 1. The van der Waals surface area contributed by atoms with Gasteiger partial charge in [-0.25, -0.2) is 9.97 Å². The molecule has 1 saturated carbocycles. The van der Waals surface area contributed by atoms with Crippen LogP contribution in [0.4, 0.5) is 36.2 Å². The lowest BCUT2D eigenvalue weighted by Crippen LogP contribution is -2.32. The van der Waals surface area contributed by atoms with Crippen LogP contribution < -0.4 is 21.3 Å². The lowest BCUT2D eigenvalue weighted by molar-refractivity contribution is -0.137. The minimum atomic E-state index is -4.58. The van der Waals surface area contributed by atoms with E-state index in [-0.39, 0.29) is 41.1 Å². The number of carbonyl (C=O) groups excluding carboxylic acids is 1. The van der Waals surface area contributed by atoms with E-state index in [1.54, 1.807) is 11.0 Å². The van der Waals surface area contributed by atoms with Crippen LogP contribution in [0.15, 0.2) is 18.2 Å². The number of aliphatic hydroxyl groups excluding tert-OH is 1. The number of nitrogens with one attached hydrogen (secondary N) is 2. The number of amides is 1. The van der Waals surface area contributed by atoms with Gasteiger partial charge in [-0.05, 0) is 70.8 Å². The van der Waals surface area contributed by atoms with E-state index >= 15 is 0 Å². The molecule has 1 aliphatic carbocycles. The molecule has 1 saturated heterocycles. The number of halogens is 3. The molecular formula is C26H36F3N7O2. The first-order valence-electron chi connectivity index (χ1n) is 13.0. The van der Waals surface area contributed by atoms with Crippen LogP contribution in [0.1, 0.15) is 60.8 Å². The number of benzene rings is 1. The summed E-state index contributed by atoms with van der Waals surface area (Å²) >= 11 is 0. The van der Waals surface area contributed by atoms with Crippen LogP contribution in [0, 0.1) is 0 Å². The van der Waals surface area contributed by atoms with Gasteiger partial charge in [0.05, 0.1) is 17.4 Å². The van der Waals surface area contributed by atoms with E-state index in [9.17, 15) is 23.1 Å². The maximum absolute atomic E-state index is 14.1. The summed E-state index contributed by atoms with van der Waals surface area (Å²) in [6.45, 7) is 2.90. The topological polar surface area (TPSA) is 120 Å². The predicted molar refractivity (Wildman–Crippen MR) is 141 cm³/mol. The average Bonchev–Trinajstić information content (AvgIpc) is 3.35. The molecule has 1 unspecified atom stereocenters. The van der Waals surface area contributed by atoms with Crippen molar-refractivity contribution in [2.75, 3.05) is 42.7 Å². The number of rotatable bonds is 8. The quantitative estimate of drug-likeness (QED) is 0.404. The second kappa shape index (κ2) is 11.3. The summed E-state index contributed by atoms with van der Waals surface area (Å²) in [6.07, 6.45) is -0.831. The molecular weight excluding hydrogens is 499 g/mol. The third-order valence-electron chi connectivity index (χ3n) is 7.37. The van der Waals surface area contributed by atoms with Gasteiger partial charge in [0.2, 0.25) is 0 Å². The number of aliphatic hydroxyl groups is 1. The summed E-state index contributed by atoms with van der Waals surface area (Å²) in [7, 11) is 3.85. The molecule has 2 fully saturated rings. The van der Waals surface area contributed by atoms with Gasteiger partial charge in [0.25, 0.3) is 5.91 Å². The Morgan fingerprint density at radius 2 is 1.87 bits per heavy atom. The van der Waals surface area contributed by atoms with Crippen LogP contribution >= 0.6 is 0 Å². The van der Waals surface area contributed by atoms with Crippen molar-refractivity contribution < 1.29 is 23.1 Å². The Hall–Kier alpha value is -3.12. The van der Waals surface area contributed by atoms with Crippen molar-refractivity contribution in [3.63, 3.8) is 0 Å². The molecule has 1 aromatic heterocycles. The number of aromatic nitrogens is 2. The second-order valence-corrected chi connectivity index (χ2v) is 10.3. The smallest absolute Gasteiger partial charge is 0.393 e. The second-order valence-electron chi connectivity index (χ2n) is 10.3. The molecule has 5 N–H and O–H groups in total. The highest BCUT2D eigenvalue weighted by Gasteiger charge is 2.37. The van der Waals surface area contributed by atoms with Crippen LogP contribution in [0.2, 0.25) is 0 Å². The van der Waals surface area contributed by atoms with Crippen molar-refractivity contribution in [3.05, 3.63) is 35.2 Å². The van der Waals surface area contributed by atoms with Gasteiger partial charge in [-0.15, -0.1) is 0 Å². The lowest BCUT2D eigenvalue weighted by Gasteiger charge is -2.27. The van der Waals surface area contributed by atoms with Gasteiger partial charge < -0.3 is 31.3 Å². The van der Waals surface area contributed by atoms with Gasteiger partial charge >= 0.3 is 6.18 Å². The number of primary amides is 1. The zero-order valence-corrected chi connectivity index (χ0v) is 22.0. The molecule has 2 heterocycles. The number of nitrogens with zero attached hydrogens (tertiary/aromatic N) is 4. The third-order valence-corrected chi connectivity index (χ3v) is 7.37. The molecule has 38 heavy (non-hydrogen) atoms. The number of hydrogen-bond donors (Lipinski definition) is 4. The minimum Gasteiger partial charge on any atom is -0.393 e. The maximum atomic E-state index is 14.1. The highest BCUT2D eigenvalue weighted by Crippen LogP contribution is 2.40. The monoisotopic (exact) mass is 535 g/mol. The molecule has 9 nitrogen and oxygen atoms in total. The molecule has 1 amide bonds. The van der Waals surface area contributed by atoms with E-state index < -0.39 is 17.6 Å². The Morgan fingerprint density at radius 3 is 2.45 bits per heavy atom. The van der Waals surface area contributed by atoms with Gasteiger partial charge in [0.15, 0.2) is 11.5 Å². The van der Waals surface area contributed by atoms with Crippen molar-refractivity contribution in [1.29, 1.82) is 0 Å². The molecule has 1 atom stereocenters. The Labute approximate surface area is 220 Å².